The van der Waals surface area contributed by atoms with Crippen LogP contribution in [0.5, 0.6) is 11.5 Å². The number of carbonyl (C=O) groups is 5. The number of benzene rings is 1. The first-order valence-electron chi connectivity index (χ1n) is 14.1. The maximum Gasteiger partial charge on any atom is 0.325 e. The molecule has 0 radical (unpaired) electrons. The molecule has 7 N–H and O–H groups in total. The van der Waals surface area contributed by atoms with E-state index in [9.17, 15) is 29.1 Å². The molecule has 12 nitrogen and oxygen atoms in total. The summed E-state index contributed by atoms with van der Waals surface area (Å²) in [4.78, 5) is 57.0. The second-order valence-corrected chi connectivity index (χ2v) is 11.2. The average molecular weight is 614 g/mol. The standard InChI is InChI=1S/C24H36N2O7S.C5H11NO2/c1-4-5-6-7-19(34-14-20(25-15-27)23(30)26-16(2)24(31)32)13-18(28)10-8-17-9-11-21(29)22(12-17)33-3;1-2-3-4(6)5(7)8/h9,11-12,15-16,19-20,29H,4-8,10,13-14H2,1-3H3,(H,25,27)(H,26,30)(H,31,32);4H,2-3,6H2,1H3,(H,7,8). The number of phenolic OH excluding ortho intramolecular Hbond substituents is 1. The molecule has 0 spiro atoms. The van der Waals surface area contributed by atoms with Crippen LogP contribution in [0.2, 0.25) is 0 Å². The lowest BCUT2D eigenvalue weighted by atomic mass is 10.0. The first-order chi connectivity index (χ1) is 19.9. The second-order valence-electron chi connectivity index (χ2n) is 9.84. The molecule has 0 saturated heterocycles. The highest BCUT2D eigenvalue weighted by Crippen LogP contribution is 2.27. The Balaban J connectivity index is 0.00000183. The van der Waals surface area contributed by atoms with E-state index < -0.39 is 36.0 Å². The number of methoxy groups -OCH3 is 1. The van der Waals surface area contributed by atoms with E-state index >= 15 is 0 Å². The van der Waals surface area contributed by atoms with Gasteiger partial charge < -0.3 is 36.4 Å². The summed E-state index contributed by atoms with van der Waals surface area (Å²) in [6.07, 6.45) is 6.83. The number of hydrogen-bond donors (Lipinski definition) is 6. The smallest absolute Gasteiger partial charge is 0.325 e. The zero-order valence-corrected chi connectivity index (χ0v) is 25.8. The van der Waals surface area contributed by atoms with E-state index in [0.717, 1.165) is 37.7 Å². The number of aliphatic carboxylic acids is 2. The van der Waals surface area contributed by atoms with Crippen molar-refractivity contribution in [3.8, 4) is 11.5 Å². The van der Waals surface area contributed by atoms with Gasteiger partial charge in [-0.25, -0.2) is 0 Å². The van der Waals surface area contributed by atoms with Crippen LogP contribution in [0.25, 0.3) is 0 Å². The summed E-state index contributed by atoms with van der Waals surface area (Å²) in [5.41, 5.74) is 6.01. The summed E-state index contributed by atoms with van der Waals surface area (Å²) in [5.74, 6) is -1.92. The molecule has 1 rings (SSSR count). The number of ether oxygens (including phenoxy) is 1. The van der Waals surface area contributed by atoms with Crippen LogP contribution in [-0.2, 0) is 30.4 Å². The number of unbranched alkanes of at least 4 members (excludes halogenated alkanes) is 2. The lowest BCUT2D eigenvalue weighted by molar-refractivity contribution is -0.141. The lowest BCUT2D eigenvalue weighted by Gasteiger charge is -2.21. The Morgan fingerprint density at radius 1 is 1.07 bits per heavy atom. The minimum absolute atomic E-state index is 0.0194. The van der Waals surface area contributed by atoms with Gasteiger partial charge in [-0.05, 0) is 43.9 Å². The van der Waals surface area contributed by atoms with Gasteiger partial charge in [-0.3, -0.25) is 24.0 Å². The summed E-state index contributed by atoms with van der Waals surface area (Å²) in [6, 6.07) is 2.37. The van der Waals surface area contributed by atoms with Gasteiger partial charge in [0.25, 0.3) is 0 Å². The van der Waals surface area contributed by atoms with Gasteiger partial charge in [0, 0.05) is 23.8 Å². The summed E-state index contributed by atoms with van der Waals surface area (Å²) in [5, 5.41) is 31.7. The summed E-state index contributed by atoms with van der Waals surface area (Å²) in [6.45, 7) is 5.35. The van der Waals surface area contributed by atoms with Crippen molar-refractivity contribution in [1.29, 1.82) is 0 Å². The Morgan fingerprint density at radius 3 is 2.29 bits per heavy atom. The molecular formula is C29H47N3O9S. The monoisotopic (exact) mass is 613 g/mol. The number of amides is 2. The molecule has 0 aliphatic rings. The largest absolute Gasteiger partial charge is 0.504 e. The van der Waals surface area contributed by atoms with Crippen LogP contribution < -0.4 is 21.1 Å². The number of ketones is 1. The number of nitrogens with two attached hydrogens (primary N) is 1. The number of aryl methyl sites for hydroxylation is 1. The second kappa shape index (κ2) is 22.3. The molecular weight excluding hydrogens is 566 g/mol. The minimum atomic E-state index is -1.17. The molecule has 238 valence electrons. The molecule has 4 atom stereocenters. The predicted octanol–water partition coefficient (Wildman–Crippen LogP) is 2.88. The molecule has 0 heterocycles. The molecule has 0 aliphatic heterocycles. The van der Waals surface area contributed by atoms with Crippen LogP contribution in [0, 0.1) is 0 Å². The Bertz CT molecular complexity index is 993. The number of phenols is 1. The number of carboxylic acid groups (broad SMARTS) is 2. The molecule has 0 fully saturated rings. The summed E-state index contributed by atoms with van der Waals surface area (Å²) >= 11 is 1.44. The normalized spacial score (nSPS) is 13.4. The molecule has 0 bridgehead atoms. The van der Waals surface area contributed by atoms with E-state index in [4.69, 9.17) is 20.7 Å². The third kappa shape index (κ3) is 16.8. The zero-order chi connectivity index (χ0) is 32.1. The number of hydrogen-bond acceptors (Lipinski definition) is 9. The van der Waals surface area contributed by atoms with Crippen LogP contribution in [0.3, 0.4) is 0 Å². The maximum absolute atomic E-state index is 12.7. The third-order valence-electron chi connectivity index (χ3n) is 6.25. The van der Waals surface area contributed by atoms with E-state index in [1.165, 1.54) is 25.8 Å². The number of carboxylic acids is 2. The van der Waals surface area contributed by atoms with Gasteiger partial charge in [0.2, 0.25) is 12.3 Å². The first-order valence-corrected chi connectivity index (χ1v) is 15.1. The van der Waals surface area contributed by atoms with Gasteiger partial charge in [-0.1, -0.05) is 45.6 Å². The van der Waals surface area contributed by atoms with Crippen molar-refractivity contribution in [2.24, 2.45) is 5.73 Å². The SMILES string of the molecule is CCCC(N)C(=O)O.CCCCCC(CC(=O)CCc1ccc(O)c(OC)c1)SCC(NC=O)C(=O)NC(C)C(=O)O. The zero-order valence-electron chi connectivity index (χ0n) is 25.0. The van der Waals surface area contributed by atoms with Crippen molar-refractivity contribution in [3.63, 3.8) is 0 Å². The molecule has 1 aromatic carbocycles. The molecule has 4 unspecified atom stereocenters. The Labute approximate surface area is 252 Å². The average Bonchev–Trinajstić information content (AvgIpc) is 2.94. The highest BCUT2D eigenvalue weighted by atomic mass is 32.2. The van der Waals surface area contributed by atoms with Crippen LogP contribution in [0.1, 0.15) is 77.7 Å². The van der Waals surface area contributed by atoms with Crippen molar-refractivity contribution >= 4 is 41.8 Å². The number of nitrogens with one attached hydrogen (secondary N) is 2. The Morgan fingerprint density at radius 2 is 1.76 bits per heavy atom. The van der Waals surface area contributed by atoms with Crippen LogP contribution in [0.4, 0.5) is 0 Å². The van der Waals surface area contributed by atoms with Crippen molar-refractivity contribution in [2.45, 2.75) is 102 Å². The topological polar surface area (TPSA) is 205 Å². The lowest BCUT2D eigenvalue weighted by Crippen LogP contribution is -2.50. The number of carbonyl (C=O) groups excluding carboxylic acids is 3. The third-order valence-corrected chi connectivity index (χ3v) is 7.65. The maximum atomic E-state index is 12.7. The first kappa shape index (κ1) is 38.7. The Kier molecular flexibility index (Phi) is 20.5. The molecule has 13 heteroatoms. The summed E-state index contributed by atoms with van der Waals surface area (Å²) < 4.78 is 5.11. The van der Waals surface area contributed by atoms with Gasteiger partial charge in [0.1, 0.15) is 23.9 Å². The molecule has 0 saturated carbocycles. The van der Waals surface area contributed by atoms with Crippen molar-refractivity contribution in [2.75, 3.05) is 12.9 Å². The molecule has 0 aliphatic carbocycles. The van der Waals surface area contributed by atoms with Gasteiger partial charge in [-0.2, -0.15) is 11.8 Å². The highest BCUT2D eigenvalue weighted by molar-refractivity contribution is 8.00. The van der Waals surface area contributed by atoms with Crippen molar-refractivity contribution in [1.82, 2.24) is 10.6 Å². The van der Waals surface area contributed by atoms with E-state index in [2.05, 4.69) is 17.6 Å². The van der Waals surface area contributed by atoms with Crippen LogP contribution >= 0.6 is 11.8 Å². The molecule has 0 aromatic heterocycles. The fourth-order valence-electron chi connectivity index (χ4n) is 3.71. The molecule has 42 heavy (non-hydrogen) atoms. The number of aromatic hydroxyl groups is 1. The van der Waals surface area contributed by atoms with Crippen LogP contribution in [0.15, 0.2) is 18.2 Å². The Hall–Kier alpha value is -3.32. The van der Waals surface area contributed by atoms with Crippen LogP contribution in [-0.4, -0.2) is 81.6 Å². The predicted molar refractivity (Wildman–Crippen MR) is 162 cm³/mol. The fourth-order valence-corrected chi connectivity index (χ4v) is 5.06. The molecule has 1 aromatic rings. The van der Waals surface area contributed by atoms with Crippen molar-refractivity contribution < 1.29 is 44.0 Å². The quantitative estimate of drug-likeness (QED) is 0.0878. The van der Waals surface area contributed by atoms with Crippen molar-refractivity contribution in [3.05, 3.63) is 23.8 Å². The summed E-state index contributed by atoms with van der Waals surface area (Å²) in [7, 11) is 1.47. The van der Waals surface area contributed by atoms with Gasteiger partial charge in [-0.15, -0.1) is 0 Å². The number of thioether (sulfide) groups is 1. The fraction of sp³-hybridized carbons (Fsp3) is 0.621. The van der Waals surface area contributed by atoms with Gasteiger partial charge >= 0.3 is 11.9 Å². The van der Waals surface area contributed by atoms with E-state index in [1.54, 1.807) is 18.2 Å². The number of rotatable bonds is 21. The van der Waals surface area contributed by atoms with E-state index in [0.29, 0.717) is 37.8 Å². The highest BCUT2D eigenvalue weighted by Gasteiger charge is 2.24. The van der Waals surface area contributed by atoms with E-state index in [-0.39, 0.29) is 22.5 Å². The van der Waals surface area contributed by atoms with E-state index in [1.807, 2.05) is 6.92 Å². The van der Waals surface area contributed by atoms with Gasteiger partial charge in [0.05, 0.1) is 7.11 Å². The van der Waals surface area contributed by atoms with Gasteiger partial charge in [0.15, 0.2) is 11.5 Å². The molecule has 2 amide bonds. The minimum Gasteiger partial charge on any atom is -0.504 e. The number of Topliss-reactive ketones (excluding diaryl/α,β-unsaturated/α-hetero) is 1.